The van der Waals surface area contributed by atoms with E-state index in [1.807, 2.05) is 0 Å². The number of rotatable bonds is 2. The van der Waals surface area contributed by atoms with Gasteiger partial charge in [-0.05, 0) is 45.0 Å². The van der Waals surface area contributed by atoms with Crippen molar-refractivity contribution in [2.24, 2.45) is 0 Å². The van der Waals surface area contributed by atoms with E-state index in [9.17, 15) is 18.3 Å². The number of ether oxygens (including phenoxy) is 1. The number of hydrogen-bond acceptors (Lipinski definition) is 5. The lowest BCUT2D eigenvalue weighted by Gasteiger charge is -2.25. The van der Waals surface area contributed by atoms with Crippen LogP contribution in [-0.2, 0) is 14.8 Å². The summed E-state index contributed by atoms with van der Waals surface area (Å²) in [5.41, 5.74) is -0.703. The molecule has 0 heterocycles. The number of benzene rings is 1. The maximum absolute atomic E-state index is 12.0. The summed E-state index contributed by atoms with van der Waals surface area (Å²) in [6.45, 7) is 4.92. The highest BCUT2D eigenvalue weighted by Crippen LogP contribution is 2.23. The zero-order valence-electron chi connectivity index (χ0n) is 11.2. The molecule has 7 heteroatoms. The predicted octanol–water partition coefficient (Wildman–Crippen LogP) is 2.09. The first-order chi connectivity index (χ1) is 8.50. The van der Waals surface area contributed by atoms with Crippen molar-refractivity contribution in [1.29, 1.82) is 0 Å². The summed E-state index contributed by atoms with van der Waals surface area (Å²) in [5, 5.41) is 9.18. The highest BCUT2D eigenvalue weighted by atomic mass is 32.2. The maximum Gasteiger partial charge on any atom is 0.428 e. The van der Waals surface area contributed by atoms with Crippen molar-refractivity contribution in [2.45, 2.75) is 26.4 Å². The molecule has 0 saturated carbocycles. The van der Waals surface area contributed by atoms with Crippen LogP contribution in [0.5, 0.6) is 5.75 Å². The van der Waals surface area contributed by atoms with Crippen molar-refractivity contribution in [3.63, 3.8) is 0 Å². The summed E-state index contributed by atoms with van der Waals surface area (Å²) >= 11 is 0. The van der Waals surface area contributed by atoms with Crippen molar-refractivity contribution in [1.82, 2.24) is 0 Å². The quantitative estimate of drug-likeness (QED) is 0.900. The number of aromatic hydroxyl groups is 1. The van der Waals surface area contributed by atoms with E-state index in [4.69, 9.17) is 4.74 Å². The Morgan fingerprint density at radius 1 is 1.21 bits per heavy atom. The summed E-state index contributed by atoms with van der Waals surface area (Å²) in [4.78, 5) is 12.0. The van der Waals surface area contributed by atoms with E-state index in [2.05, 4.69) is 0 Å². The molecule has 0 radical (unpaired) electrons. The van der Waals surface area contributed by atoms with Gasteiger partial charge in [-0.25, -0.2) is 13.2 Å². The summed E-state index contributed by atoms with van der Waals surface area (Å²) in [7, 11) is -3.83. The van der Waals surface area contributed by atoms with E-state index in [1.165, 1.54) is 24.3 Å². The normalized spacial score (nSPS) is 12.0. The minimum atomic E-state index is -3.83. The summed E-state index contributed by atoms with van der Waals surface area (Å²) in [6.07, 6.45) is -0.0789. The monoisotopic (exact) mass is 287 g/mol. The standard InChI is InChI=1S/C12H17NO5S/c1-12(2,3)18-11(15)13(19(4,16)17)9-5-7-10(14)8-6-9/h5-8,14H,1-4H3. The van der Waals surface area contributed by atoms with Crippen molar-refractivity contribution in [3.05, 3.63) is 24.3 Å². The molecule has 0 spiro atoms. The average molecular weight is 287 g/mol. The fraction of sp³-hybridized carbons (Fsp3) is 0.417. The largest absolute Gasteiger partial charge is 0.508 e. The van der Waals surface area contributed by atoms with Gasteiger partial charge in [-0.3, -0.25) is 0 Å². The molecule has 1 aromatic rings. The number of phenolic OH excluding ortho intramolecular Hbond substituents is 1. The van der Waals surface area contributed by atoms with Gasteiger partial charge < -0.3 is 9.84 Å². The fourth-order valence-corrected chi connectivity index (χ4v) is 2.14. The van der Waals surface area contributed by atoms with Crippen LogP contribution in [0.3, 0.4) is 0 Å². The molecule has 19 heavy (non-hydrogen) atoms. The molecule has 1 aromatic carbocycles. The van der Waals surface area contributed by atoms with Crippen LogP contribution in [0.15, 0.2) is 24.3 Å². The zero-order chi connectivity index (χ0) is 14.8. The molecular formula is C12H17NO5S. The van der Waals surface area contributed by atoms with E-state index in [0.717, 1.165) is 6.26 Å². The first kappa shape index (κ1) is 15.3. The molecule has 0 aliphatic rings. The van der Waals surface area contributed by atoms with Gasteiger partial charge in [0.1, 0.15) is 11.4 Å². The van der Waals surface area contributed by atoms with Gasteiger partial charge in [0.25, 0.3) is 0 Å². The van der Waals surface area contributed by atoms with Crippen molar-refractivity contribution in [3.8, 4) is 5.75 Å². The third-order valence-electron chi connectivity index (χ3n) is 1.98. The van der Waals surface area contributed by atoms with E-state index in [-0.39, 0.29) is 11.4 Å². The highest BCUT2D eigenvalue weighted by molar-refractivity contribution is 7.92. The predicted molar refractivity (Wildman–Crippen MR) is 71.7 cm³/mol. The molecule has 0 saturated heterocycles. The third kappa shape index (κ3) is 4.44. The van der Waals surface area contributed by atoms with Gasteiger partial charge in [-0.15, -0.1) is 0 Å². The second-order valence-corrected chi connectivity index (χ2v) is 6.86. The highest BCUT2D eigenvalue weighted by Gasteiger charge is 2.30. The lowest BCUT2D eigenvalue weighted by atomic mass is 10.2. The number of phenols is 1. The van der Waals surface area contributed by atoms with Crippen LogP contribution in [0.2, 0.25) is 0 Å². The molecule has 0 aromatic heterocycles. The van der Waals surface area contributed by atoms with Gasteiger partial charge >= 0.3 is 6.09 Å². The minimum absolute atomic E-state index is 0.0265. The molecule has 0 unspecified atom stereocenters. The van der Waals surface area contributed by atoms with Crippen LogP contribution in [0.25, 0.3) is 0 Å². The molecule has 6 nitrogen and oxygen atoms in total. The molecule has 1 amide bonds. The Bertz CT molecular complexity index is 557. The van der Waals surface area contributed by atoms with Gasteiger partial charge in [0, 0.05) is 0 Å². The van der Waals surface area contributed by atoms with Gasteiger partial charge in [0.15, 0.2) is 0 Å². The first-order valence-corrected chi connectivity index (χ1v) is 7.38. The smallest absolute Gasteiger partial charge is 0.428 e. The summed E-state index contributed by atoms with van der Waals surface area (Å²) in [6, 6.07) is 5.22. The molecule has 0 fully saturated rings. The van der Waals surface area contributed by atoms with Crippen LogP contribution in [-0.4, -0.2) is 31.5 Å². The van der Waals surface area contributed by atoms with Gasteiger partial charge in [-0.2, -0.15) is 4.31 Å². The fourth-order valence-electron chi connectivity index (χ4n) is 1.32. The minimum Gasteiger partial charge on any atom is -0.508 e. The Morgan fingerprint density at radius 2 is 1.68 bits per heavy atom. The maximum atomic E-state index is 12.0. The summed E-state index contributed by atoms with van der Waals surface area (Å²) in [5.74, 6) is -0.0265. The number of nitrogens with zero attached hydrogens (tertiary/aromatic N) is 1. The van der Waals surface area contributed by atoms with E-state index >= 15 is 0 Å². The Kier molecular flexibility index (Phi) is 4.09. The number of anilines is 1. The Morgan fingerprint density at radius 3 is 2.05 bits per heavy atom. The van der Waals surface area contributed by atoms with Crippen molar-refractivity contribution >= 4 is 21.8 Å². The van der Waals surface area contributed by atoms with Crippen molar-refractivity contribution < 1.29 is 23.1 Å². The van der Waals surface area contributed by atoms with Crippen LogP contribution in [0, 0.1) is 0 Å². The second-order valence-electron chi connectivity index (χ2n) is 5.02. The average Bonchev–Trinajstić information content (AvgIpc) is 2.16. The SMILES string of the molecule is CC(C)(C)OC(=O)N(c1ccc(O)cc1)S(C)(=O)=O. The molecule has 0 aliphatic carbocycles. The van der Waals surface area contributed by atoms with Crippen LogP contribution in [0.4, 0.5) is 10.5 Å². The Hall–Kier alpha value is -1.76. The lowest BCUT2D eigenvalue weighted by molar-refractivity contribution is 0.0609. The second kappa shape index (κ2) is 5.08. The molecule has 1 N–H and O–H groups in total. The number of carbonyl (C=O) groups is 1. The van der Waals surface area contributed by atoms with Gasteiger partial charge in [0.2, 0.25) is 10.0 Å². The summed E-state index contributed by atoms with van der Waals surface area (Å²) < 4.78 is 29.0. The van der Waals surface area contributed by atoms with Gasteiger partial charge in [-0.1, -0.05) is 0 Å². The van der Waals surface area contributed by atoms with Crippen LogP contribution < -0.4 is 4.31 Å². The van der Waals surface area contributed by atoms with Crippen LogP contribution in [0.1, 0.15) is 20.8 Å². The zero-order valence-corrected chi connectivity index (χ0v) is 12.1. The number of amides is 1. The Balaban J connectivity index is 3.17. The molecule has 0 bridgehead atoms. The third-order valence-corrected chi connectivity index (χ3v) is 3.00. The van der Waals surface area contributed by atoms with Crippen molar-refractivity contribution in [2.75, 3.05) is 10.6 Å². The van der Waals surface area contributed by atoms with Gasteiger partial charge in [0.05, 0.1) is 11.9 Å². The van der Waals surface area contributed by atoms with E-state index in [0.29, 0.717) is 4.31 Å². The molecule has 0 atom stereocenters. The molecule has 106 valence electrons. The molecule has 1 rings (SSSR count). The first-order valence-electron chi connectivity index (χ1n) is 5.53. The van der Waals surface area contributed by atoms with Crippen LogP contribution >= 0.6 is 0 Å². The number of hydrogen-bond donors (Lipinski definition) is 1. The molecular weight excluding hydrogens is 270 g/mol. The molecule has 0 aliphatic heterocycles. The lowest BCUT2D eigenvalue weighted by Crippen LogP contribution is -2.40. The Labute approximate surface area is 112 Å². The van der Waals surface area contributed by atoms with E-state index < -0.39 is 21.7 Å². The van der Waals surface area contributed by atoms with E-state index in [1.54, 1.807) is 20.8 Å². The number of carbonyl (C=O) groups excluding carboxylic acids is 1. The topological polar surface area (TPSA) is 83.9 Å². The number of sulfonamides is 1.